The number of thiazole rings is 1. The van der Waals surface area contributed by atoms with Crippen molar-refractivity contribution in [1.29, 1.82) is 0 Å². The second kappa shape index (κ2) is 9.13. The summed E-state index contributed by atoms with van der Waals surface area (Å²) in [6, 6.07) is 28.3. The molecular weight excluding hydrogens is 376 g/mol. The lowest BCUT2D eigenvalue weighted by atomic mass is 10.1. The van der Waals surface area contributed by atoms with Crippen LogP contribution in [0.4, 0.5) is 5.13 Å². The highest BCUT2D eigenvalue weighted by molar-refractivity contribution is 7.13. The van der Waals surface area contributed by atoms with Crippen molar-refractivity contribution in [3.05, 3.63) is 108 Å². The van der Waals surface area contributed by atoms with Gasteiger partial charge in [-0.25, -0.2) is 9.98 Å². The van der Waals surface area contributed by atoms with Crippen molar-refractivity contribution in [2.24, 2.45) is 4.99 Å². The predicted molar refractivity (Wildman–Crippen MR) is 122 cm³/mol. The van der Waals surface area contributed by atoms with Gasteiger partial charge in [0.2, 0.25) is 5.13 Å². The molecule has 4 aromatic rings. The van der Waals surface area contributed by atoms with E-state index in [-0.39, 0.29) is 0 Å². The summed E-state index contributed by atoms with van der Waals surface area (Å²) in [6.07, 6.45) is 4.08. The molecule has 0 spiro atoms. The molecule has 0 unspecified atom stereocenters. The second-order valence-electron chi connectivity index (χ2n) is 6.35. The molecule has 0 saturated heterocycles. The van der Waals surface area contributed by atoms with E-state index in [1.807, 2.05) is 72.1 Å². The number of aromatic nitrogens is 1. The van der Waals surface area contributed by atoms with Crippen molar-refractivity contribution in [2.75, 3.05) is 7.11 Å². The molecule has 0 aliphatic heterocycles. The molecule has 0 fully saturated rings. The molecule has 0 N–H and O–H groups in total. The number of hydrogen-bond acceptors (Lipinski definition) is 4. The van der Waals surface area contributed by atoms with Crippen LogP contribution in [-0.4, -0.2) is 17.8 Å². The predicted octanol–water partition coefficient (Wildman–Crippen LogP) is 6.65. The van der Waals surface area contributed by atoms with Gasteiger partial charge in [-0.15, -0.1) is 11.3 Å². The molecule has 1 aromatic heterocycles. The zero-order valence-electron chi connectivity index (χ0n) is 16.0. The van der Waals surface area contributed by atoms with E-state index in [0.717, 1.165) is 39.0 Å². The molecule has 142 valence electrons. The monoisotopic (exact) mass is 396 g/mol. The van der Waals surface area contributed by atoms with Crippen LogP contribution in [-0.2, 0) is 0 Å². The fraction of sp³-hybridized carbons (Fsp3) is 0.0400. The summed E-state index contributed by atoms with van der Waals surface area (Å²) in [7, 11) is 1.67. The maximum atomic E-state index is 5.23. The lowest BCUT2D eigenvalue weighted by molar-refractivity contribution is 0.415. The van der Waals surface area contributed by atoms with Gasteiger partial charge in [-0.05, 0) is 23.8 Å². The third kappa shape index (κ3) is 4.86. The van der Waals surface area contributed by atoms with Gasteiger partial charge in [0.05, 0.1) is 18.5 Å². The summed E-state index contributed by atoms with van der Waals surface area (Å²) < 4.78 is 5.23. The lowest BCUT2D eigenvalue weighted by Gasteiger charge is -2.02. The number of allylic oxidation sites excluding steroid dienone is 1. The van der Waals surface area contributed by atoms with Gasteiger partial charge in [-0.1, -0.05) is 78.9 Å². The molecule has 1 heterocycles. The van der Waals surface area contributed by atoms with E-state index in [1.54, 1.807) is 18.4 Å². The summed E-state index contributed by atoms with van der Waals surface area (Å²) in [6.45, 7) is 0. The minimum Gasteiger partial charge on any atom is -0.497 e. The zero-order chi connectivity index (χ0) is 19.9. The van der Waals surface area contributed by atoms with Crippen LogP contribution < -0.4 is 4.74 Å². The molecular formula is C25H20N2OS. The first kappa shape index (κ1) is 18.8. The minimum atomic E-state index is 0.738. The SMILES string of the molecule is COc1ccc(C=CC(=Nc2nc(-c3ccccc3)cs2)c2ccccc2)cc1. The first-order valence-corrected chi connectivity index (χ1v) is 10.2. The Kier molecular flexibility index (Phi) is 5.93. The smallest absolute Gasteiger partial charge is 0.210 e. The second-order valence-corrected chi connectivity index (χ2v) is 7.19. The Labute approximate surface area is 174 Å². The van der Waals surface area contributed by atoms with Gasteiger partial charge in [-0.3, -0.25) is 0 Å². The van der Waals surface area contributed by atoms with Crippen molar-refractivity contribution in [1.82, 2.24) is 4.98 Å². The fourth-order valence-corrected chi connectivity index (χ4v) is 3.57. The molecule has 0 amide bonds. The van der Waals surface area contributed by atoms with Crippen LogP contribution in [0.2, 0.25) is 0 Å². The van der Waals surface area contributed by atoms with Crippen molar-refractivity contribution in [2.45, 2.75) is 0 Å². The highest BCUT2D eigenvalue weighted by Crippen LogP contribution is 2.27. The first-order valence-electron chi connectivity index (χ1n) is 9.29. The zero-order valence-corrected chi connectivity index (χ0v) is 16.8. The largest absolute Gasteiger partial charge is 0.497 e. The Hall–Kier alpha value is -3.50. The Morgan fingerprint density at radius 2 is 1.59 bits per heavy atom. The Bertz CT molecular complexity index is 1110. The third-order valence-corrected chi connectivity index (χ3v) is 5.13. The first-order chi connectivity index (χ1) is 14.3. The van der Waals surface area contributed by atoms with Gasteiger partial charge in [0.25, 0.3) is 0 Å². The van der Waals surface area contributed by atoms with E-state index in [0.29, 0.717) is 0 Å². The number of methoxy groups -OCH3 is 1. The topological polar surface area (TPSA) is 34.5 Å². The highest BCUT2D eigenvalue weighted by atomic mass is 32.1. The van der Waals surface area contributed by atoms with Crippen LogP contribution in [0.25, 0.3) is 17.3 Å². The van der Waals surface area contributed by atoms with Gasteiger partial charge in [0.15, 0.2) is 0 Å². The van der Waals surface area contributed by atoms with Crippen molar-refractivity contribution in [3.63, 3.8) is 0 Å². The highest BCUT2D eigenvalue weighted by Gasteiger charge is 2.06. The van der Waals surface area contributed by atoms with E-state index in [9.17, 15) is 0 Å². The summed E-state index contributed by atoms with van der Waals surface area (Å²) in [5.41, 5.74) is 5.05. The van der Waals surface area contributed by atoms with E-state index < -0.39 is 0 Å². The maximum Gasteiger partial charge on any atom is 0.210 e. The van der Waals surface area contributed by atoms with E-state index >= 15 is 0 Å². The summed E-state index contributed by atoms with van der Waals surface area (Å²) in [4.78, 5) is 9.54. The average molecular weight is 397 g/mol. The number of hydrogen-bond donors (Lipinski definition) is 0. The van der Waals surface area contributed by atoms with E-state index in [1.165, 1.54) is 0 Å². The molecule has 0 saturated carbocycles. The Balaban J connectivity index is 1.65. The summed E-state index contributed by atoms with van der Waals surface area (Å²) in [5.74, 6) is 0.843. The van der Waals surface area contributed by atoms with Crippen LogP contribution >= 0.6 is 11.3 Å². The third-order valence-electron chi connectivity index (χ3n) is 4.40. The van der Waals surface area contributed by atoms with Gasteiger partial charge in [0, 0.05) is 16.5 Å². The van der Waals surface area contributed by atoms with Crippen molar-refractivity contribution < 1.29 is 4.74 Å². The van der Waals surface area contributed by atoms with Gasteiger partial charge >= 0.3 is 0 Å². The fourth-order valence-electron chi connectivity index (χ4n) is 2.86. The van der Waals surface area contributed by atoms with Crippen LogP contribution in [0.5, 0.6) is 5.75 Å². The number of nitrogens with zero attached hydrogens (tertiary/aromatic N) is 2. The Morgan fingerprint density at radius 1 is 0.897 bits per heavy atom. The van der Waals surface area contributed by atoms with Crippen LogP contribution in [0.3, 0.4) is 0 Å². The number of benzene rings is 3. The van der Waals surface area contributed by atoms with Crippen LogP contribution in [0.15, 0.2) is 101 Å². The molecule has 3 aromatic carbocycles. The number of rotatable bonds is 6. The van der Waals surface area contributed by atoms with Crippen molar-refractivity contribution >= 4 is 28.3 Å². The number of aliphatic imine (C=N–C) groups is 1. The molecule has 0 aliphatic carbocycles. The van der Waals surface area contributed by atoms with E-state index in [4.69, 9.17) is 14.7 Å². The normalized spacial score (nSPS) is 11.7. The quantitative estimate of drug-likeness (QED) is 0.342. The average Bonchev–Trinajstić information content (AvgIpc) is 3.27. The standard InChI is InChI=1S/C25H20N2OS/c1-28-22-15-12-19(13-16-22)14-17-23(20-8-4-2-5-9-20)26-25-27-24(18-29-25)21-10-6-3-7-11-21/h2-18H,1H3. The van der Waals surface area contributed by atoms with Gasteiger partial charge in [-0.2, -0.15) is 0 Å². The Morgan fingerprint density at radius 3 is 2.28 bits per heavy atom. The maximum absolute atomic E-state index is 5.23. The molecule has 0 aliphatic rings. The molecule has 0 atom stereocenters. The van der Waals surface area contributed by atoms with Gasteiger partial charge in [0.1, 0.15) is 5.75 Å². The molecule has 4 heteroatoms. The molecule has 4 rings (SSSR count). The number of ether oxygens (including phenoxy) is 1. The van der Waals surface area contributed by atoms with Crippen LogP contribution in [0, 0.1) is 0 Å². The molecule has 29 heavy (non-hydrogen) atoms. The summed E-state index contributed by atoms with van der Waals surface area (Å²) in [5, 5.41) is 2.78. The summed E-state index contributed by atoms with van der Waals surface area (Å²) >= 11 is 1.54. The molecule has 0 bridgehead atoms. The van der Waals surface area contributed by atoms with Crippen LogP contribution in [0.1, 0.15) is 11.1 Å². The van der Waals surface area contributed by atoms with Crippen molar-refractivity contribution in [3.8, 4) is 17.0 Å². The molecule has 0 radical (unpaired) electrons. The minimum absolute atomic E-state index is 0.738. The van der Waals surface area contributed by atoms with E-state index in [2.05, 4.69) is 30.3 Å². The van der Waals surface area contributed by atoms with Gasteiger partial charge < -0.3 is 4.74 Å². The lowest BCUT2D eigenvalue weighted by Crippen LogP contribution is -1.95. The molecule has 3 nitrogen and oxygen atoms in total.